The van der Waals surface area contributed by atoms with Gasteiger partial charge in [0.2, 0.25) is 5.91 Å². The number of benzene rings is 1. The monoisotopic (exact) mass is 524 g/mol. The molecule has 2 aliphatic carbocycles. The molecule has 1 aromatic carbocycles. The van der Waals surface area contributed by atoms with Gasteiger partial charge in [0.05, 0.1) is 18.6 Å². The summed E-state index contributed by atoms with van der Waals surface area (Å²) in [5.41, 5.74) is 3.98. The van der Waals surface area contributed by atoms with E-state index in [2.05, 4.69) is 42.7 Å². The number of carbonyl (C=O) groups is 2. The molecule has 2 heterocycles. The minimum atomic E-state index is -0.352. The zero-order chi connectivity index (χ0) is 26.9. The molecule has 5 rings (SSSR count). The lowest BCUT2D eigenvalue weighted by Crippen LogP contribution is -2.46. The van der Waals surface area contributed by atoms with Gasteiger partial charge >= 0.3 is 5.97 Å². The maximum absolute atomic E-state index is 13.3. The van der Waals surface area contributed by atoms with Crippen molar-refractivity contribution in [2.24, 2.45) is 10.8 Å². The molecule has 0 atom stereocenters. The second kappa shape index (κ2) is 11.2. The van der Waals surface area contributed by atoms with E-state index >= 15 is 0 Å². The average molecular weight is 525 g/mol. The van der Waals surface area contributed by atoms with Gasteiger partial charge in [-0.05, 0) is 126 Å². The van der Waals surface area contributed by atoms with Crippen LogP contribution >= 0.6 is 0 Å². The van der Waals surface area contributed by atoms with Gasteiger partial charge in [0.1, 0.15) is 5.75 Å². The zero-order valence-electron chi connectivity index (χ0n) is 24.2. The van der Waals surface area contributed by atoms with Crippen LogP contribution in [-0.2, 0) is 20.9 Å². The van der Waals surface area contributed by atoms with E-state index in [9.17, 15) is 9.59 Å². The van der Waals surface area contributed by atoms with Crippen LogP contribution in [0.15, 0.2) is 12.1 Å². The number of aryl methyl sites for hydroxylation is 1. The first kappa shape index (κ1) is 27.5. The Balaban J connectivity index is 1.18. The summed E-state index contributed by atoms with van der Waals surface area (Å²) in [6.45, 7) is 13.3. The second-order valence-electron chi connectivity index (χ2n) is 12.6. The van der Waals surface area contributed by atoms with Gasteiger partial charge in [0.25, 0.3) is 0 Å². The van der Waals surface area contributed by atoms with Gasteiger partial charge in [-0.15, -0.1) is 0 Å². The van der Waals surface area contributed by atoms with Crippen LogP contribution in [-0.4, -0.2) is 60.6 Å². The number of rotatable bonds is 9. The summed E-state index contributed by atoms with van der Waals surface area (Å²) in [5.74, 6) is 2.05. The molecule has 1 aromatic rings. The van der Waals surface area contributed by atoms with Gasteiger partial charge in [-0.2, -0.15) is 0 Å². The van der Waals surface area contributed by atoms with Crippen LogP contribution in [0.3, 0.4) is 0 Å². The van der Waals surface area contributed by atoms with Gasteiger partial charge in [-0.3, -0.25) is 14.5 Å². The highest BCUT2D eigenvalue weighted by Crippen LogP contribution is 2.48. The van der Waals surface area contributed by atoms with E-state index in [1.54, 1.807) is 0 Å². The summed E-state index contributed by atoms with van der Waals surface area (Å²) in [5, 5.41) is 0. The molecule has 210 valence electrons. The molecule has 0 radical (unpaired) electrons. The molecular formula is C32H48N2O4. The first-order valence-electron chi connectivity index (χ1n) is 15.3. The highest BCUT2D eigenvalue weighted by atomic mass is 16.5. The standard InChI is InChI=1S/C32H48N2O4/c1-5-32(30(36)38-7-3)12-10-26(11-13-32)34-22-31(20-29(34)35)14-16-33(17-15-31)21-25-19-28(37-6-2)23(4)18-27(25)24-8-9-24/h18-19,24,26H,5-17,20-22H2,1-4H3. The molecule has 1 amide bonds. The van der Waals surface area contributed by atoms with Crippen molar-refractivity contribution in [1.82, 2.24) is 9.80 Å². The molecule has 4 aliphatic rings. The minimum Gasteiger partial charge on any atom is -0.494 e. The fourth-order valence-electron chi connectivity index (χ4n) is 7.45. The Morgan fingerprint density at radius 2 is 1.71 bits per heavy atom. The van der Waals surface area contributed by atoms with Crippen LogP contribution < -0.4 is 4.74 Å². The van der Waals surface area contributed by atoms with Gasteiger partial charge in [0.15, 0.2) is 0 Å². The Kier molecular flexibility index (Phi) is 8.09. The van der Waals surface area contributed by atoms with Crippen LogP contribution in [0.1, 0.15) is 108 Å². The van der Waals surface area contributed by atoms with E-state index in [1.165, 1.54) is 29.5 Å². The molecule has 4 fully saturated rings. The molecule has 0 N–H and O–H groups in total. The van der Waals surface area contributed by atoms with Gasteiger partial charge in [-0.25, -0.2) is 0 Å². The van der Waals surface area contributed by atoms with E-state index in [1.807, 2.05) is 6.92 Å². The number of ether oxygens (including phenoxy) is 2. The maximum Gasteiger partial charge on any atom is 0.312 e. The average Bonchev–Trinajstić information content (AvgIpc) is 3.71. The highest BCUT2D eigenvalue weighted by molar-refractivity contribution is 5.80. The largest absolute Gasteiger partial charge is 0.494 e. The van der Waals surface area contributed by atoms with Crippen LogP contribution in [0, 0.1) is 17.8 Å². The fraction of sp³-hybridized carbons (Fsp3) is 0.750. The molecule has 0 aromatic heterocycles. The lowest BCUT2D eigenvalue weighted by molar-refractivity contribution is -0.158. The predicted octanol–water partition coefficient (Wildman–Crippen LogP) is 5.99. The molecule has 2 aliphatic heterocycles. The van der Waals surface area contributed by atoms with Crippen molar-refractivity contribution in [3.8, 4) is 5.75 Å². The zero-order valence-corrected chi connectivity index (χ0v) is 24.2. The van der Waals surface area contributed by atoms with Crippen molar-refractivity contribution in [2.75, 3.05) is 32.8 Å². The predicted molar refractivity (Wildman–Crippen MR) is 149 cm³/mol. The summed E-state index contributed by atoms with van der Waals surface area (Å²) >= 11 is 0. The number of carbonyl (C=O) groups excluding carboxylic acids is 2. The van der Waals surface area contributed by atoms with Crippen LogP contribution in [0.25, 0.3) is 0 Å². The molecule has 1 spiro atoms. The van der Waals surface area contributed by atoms with Crippen molar-refractivity contribution in [2.45, 2.75) is 110 Å². The third kappa shape index (κ3) is 5.48. The first-order chi connectivity index (χ1) is 18.3. The van der Waals surface area contributed by atoms with E-state index in [4.69, 9.17) is 9.47 Å². The van der Waals surface area contributed by atoms with Crippen molar-refractivity contribution in [3.63, 3.8) is 0 Å². The summed E-state index contributed by atoms with van der Waals surface area (Å²) in [4.78, 5) is 30.7. The Morgan fingerprint density at radius 3 is 2.32 bits per heavy atom. The number of likely N-dealkylation sites (tertiary alicyclic amines) is 2. The third-order valence-corrected chi connectivity index (χ3v) is 10.2. The fourth-order valence-corrected chi connectivity index (χ4v) is 7.45. The summed E-state index contributed by atoms with van der Waals surface area (Å²) in [7, 11) is 0. The molecule has 0 bridgehead atoms. The van der Waals surface area contributed by atoms with E-state index < -0.39 is 0 Å². The number of hydrogen-bond donors (Lipinski definition) is 0. The number of hydrogen-bond acceptors (Lipinski definition) is 5. The van der Waals surface area contributed by atoms with Crippen molar-refractivity contribution < 1.29 is 19.1 Å². The summed E-state index contributed by atoms with van der Waals surface area (Å²) < 4.78 is 11.4. The quantitative estimate of drug-likeness (QED) is 0.372. The number of piperidine rings is 1. The van der Waals surface area contributed by atoms with E-state index in [-0.39, 0.29) is 22.8 Å². The van der Waals surface area contributed by atoms with Crippen LogP contribution in [0.4, 0.5) is 0 Å². The van der Waals surface area contributed by atoms with E-state index in [0.29, 0.717) is 25.5 Å². The Bertz CT molecular complexity index is 1020. The molecule has 6 nitrogen and oxygen atoms in total. The lowest BCUT2D eigenvalue weighted by Gasteiger charge is -2.42. The SMILES string of the molecule is CCOC(=O)C1(CC)CCC(N2CC3(CCN(Cc4cc(OCC)c(C)cc4C4CC4)CC3)CC2=O)CC1. The molecule has 2 saturated carbocycles. The normalized spacial score (nSPS) is 27.6. The van der Waals surface area contributed by atoms with E-state index in [0.717, 1.165) is 82.8 Å². The Hall–Kier alpha value is -2.08. The third-order valence-electron chi connectivity index (χ3n) is 10.2. The number of amides is 1. The summed E-state index contributed by atoms with van der Waals surface area (Å²) in [6, 6.07) is 4.95. The Labute approximate surface area is 229 Å². The van der Waals surface area contributed by atoms with Crippen LogP contribution in [0.2, 0.25) is 0 Å². The topological polar surface area (TPSA) is 59.1 Å². The highest BCUT2D eigenvalue weighted by Gasteiger charge is 2.49. The smallest absolute Gasteiger partial charge is 0.312 e. The van der Waals surface area contributed by atoms with Gasteiger partial charge < -0.3 is 14.4 Å². The van der Waals surface area contributed by atoms with Crippen molar-refractivity contribution in [1.29, 1.82) is 0 Å². The number of esters is 1. The molecular weight excluding hydrogens is 476 g/mol. The molecule has 6 heteroatoms. The van der Waals surface area contributed by atoms with Gasteiger partial charge in [0, 0.05) is 25.6 Å². The van der Waals surface area contributed by atoms with Gasteiger partial charge in [-0.1, -0.05) is 13.0 Å². The van der Waals surface area contributed by atoms with Crippen LogP contribution in [0.5, 0.6) is 5.75 Å². The van der Waals surface area contributed by atoms with Crippen molar-refractivity contribution >= 4 is 11.9 Å². The number of nitrogens with zero attached hydrogens (tertiary/aromatic N) is 2. The molecule has 0 unspecified atom stereocenters. The van der Waals surface area contributed by atoms with Crippen molar-refractivity contribution in [3.05, 3.63) is 28.8 Å². The Morgan fingerprint density at radius 1 is 1.00 bits per heavy atom. The maximum atomic E-state index is 13.3. The lowest BCUT2D eigenvalue weighted by atomic mass is 9.70. The minimum absolute atomic E-state index is 0.0377. The second-order valence-corrected chi connectivity index (χ2v) is 12.6. The summed E-state index contributed by atoms with van der Waals surface area (Å²) in [6.07, 6.45) is 9.81. The molecule has 2 saturated heterocycles. The first-order valence-corrected chi connectivity index (χ1v) is 15.3. The molecule has 38 heavy (non-hydrogen) atoms.